The van der Waals surface area contributed by atoms with E-state index in [1.165, 1.54) is 20.3 Å². The Morgan fingerprint density at radius 2 is 1.58 bits per heavy atom. The first kappa shape index (κ1) is 14.7. The van der Waals surface area contributed by atoms with Crippen LogP contribution in [-0.4, -0.2) is 26.2 Å². The number of hydrogen-bond acceptors (Lipinski definition) is 4. The summed E-state index contributed by atoms with van der Waals surface area (Å²) in [5.41, 5.74) is 1.87. The van der Waals surface area contributed by atoms with Crippen molar-refractivity contribution in [1.29, 1.82) is 0 Å². The molecular formula is C15H16O4. The van der Waals surface area contributed by atoms with Crippen LogP contribution in [0.15, 0.2) is 36.4 Å². The summed E-state index contributed by atoms with van der Waals surface area (Å²) in [6.07, 6.45) is 6.87. The summed E-state index contributed by atoms with van der Waals surface area (Å²) in [5, 5.41) is 0. The lowest BCUT2D eigenvalue weighted by Crippen LogP contribution is -1.96. The summed E-state index contributed by atoms with van der Waals surface area (Å²) >= 11 is 0. The summed E-state index contributed by atoms with van der Waals surface area (Å²) in [6.45, 7) is 0. The SMILES string of the molecule is COC(=O)/C=C/c1ccc(C=CCC(=O)OC)cc1. The highest BCUT2D eigenvalue weighted by Crippen LogP contribution is 2.08. The molecule has 0 bridgehead atoms. The lowest BCUT2D eigenvalue weighted by atomic mass is 10.1. The molecule has 0 saturated heterocycles. The molecular weight excluding hydrogens is 244 g/mol. The van der Waals surface area contributed by atoms with Gasteiger partial charge in [-0.15, -0.1) is 0 Å². The summed E-state index contributed by atoms with van der Waals surface area (Å²) in [6, 6.07) is 7.53. The lowest BCUT2D eigenvalue weighted by molar-refractivity contribution is -0.139. The Morgan fingerprint density at radius 3 is 2.11 bits per heavy atom. The second-order valence-corrected chi connectivity index (χ2v) is 3.71. The number of ether oxygens (including phenoxy) is 2. The molecule has 0 aromatic heterocycles. The maximum absolute atomic E-state index is 10.9. The molecule has 19 heavy (non-hydrogen) atoms. The van der Waals surface area contributed by atoms with Crippen LogP contribution in [0.2, 0.25) is 0 Å². The third kappa shape index (κ3) is 5.68. The normalized spacial score (nSPS) is 10.8. The van der Waals surface area contributed by atoms with Gasteiger partial charge in [-0.2, -0.15) is 0 Å². The van der Waals surface area contributed by atoms with E-state index in [2.05, 4.69) is 9.47 Å². The molecule has 0 radical (unpaired) electrons. The second kappa shape index (κ2) is 7.87. The molecule has 1 aromatic carbocycles. The molecule has 100 valence electrons. The van der Waals surface area contributed by atoms with E-state index in [9.17, 15) is 9.59 Å². The van der Waals surface area contributed by atoms with Crippen LogP contribution in [-0.2, 0) is 19.1 Å². The molecule has 1 aromatic rings. The zero-order valence-corrected chi connectivity index (χ0v) is 11.0. The quantitative estimate of drug-likeness (QED) is 0.602. The first-order chi connectivity index (χ1) is 9.15. The van der Waals surface area contributed by atoms with Crippen LogP contribution in [0.25, 0.3) is 12.2 Å². The van der Waals surface area contributed by atoms with E-state index in [-0.39, 0.29) is 18.4 Å². The molecule has 0 aliphatic rings. The van der Waals surface area contributed by atoms with Gasteiger partial charge in [0.25, 0.3) is 0 Å². The topological polar surface area (TPSA) is 52.6 Å². The standard InChI is InChI=1S/C15H16O4/c1-18-14(16)5-3-4-12-6-8-13(9-7-12)10-11-15(17)19-2/h3-4,6-11H,5H2,1-2H3/b4-3?,11-10+. The minimum atomic E-state index is -0.387. The molecule has 0 aliphatic carbocycles. The molecule has 4 heteroatoms. The van der Waals surface area contributed by atoms with Gasteiger partial charge in [-0.05, 0) is 17.2 Å². The van der Waals surface area contributed by atoms with E-state index >= 15 is 0 Å². The summed E-state index contributed by atoms with van der Waals surface area (Å²) in [5.74, 6) is -0.657. The van der Waals surface area contributed by atoms with Crippen molar-refractivity contribution in [1.82, 2.24) is 0 Å². The number of carbonyl (C=O) groups is 2. The Kier molecular flexibility index (Phi) is 6.09. The predicted octanol–water partition coefficient (Wildman–Crippen LogP) is 2.45. The average Bonchev–Trinajstić information content (AvgIpc) is 2.45. The van der Waals surface area contributed by atoms with E-state index in [0.717, 1.165) is 11.1 Å². The lowest BCUT2D eigenvalue weighted by Gasteiger charge is -1.96. The number of esters is 2. The van der Waals surface area contributed by atoms with Gasteiger partial charge in [-0.3, -0.25) is 4.79 Å². The van der Waals surface area contributed by atoms with Crippen LogP contribution in [0.5, 0.6) is 0 Å². The summed E-state index contributed by atoms with van der Waals surface area (Å²) in [4.78, 5) is 21.8. The fourth-order valence-electron chi connectivity index (χ4n) is 1.33. The molecule has 0 atom stereocenters. The molecule has 4 nitrogen and oxygen atoms in total. The number of methoxy groups -OCH3 is 2. The zero-order valence-electron chi connectivity index (χ0n) is 11.0. The van der Waals surface area contributed by atoms with Crippen molar-refractivity contribution < 1.29 is 19.1 Å². The van der Waals surface area contributed by atoms with Crippen molar-refractivity contribution in [2.75, 3.05) is 14.2 Å². The van der Waals surface area contributed by atoms with Gasteiger partial charge < -0.3 is 9.47 Å². The average molecular weight is 260 g/mol. The Bertz CT molecular complexity index is 483. The first-order valence-electron chi connectivity index (χ1n) is 5.75. The third-order valence-corrected chi connectivity index (χ3v) is 2.37. The van der Waals surface area contributed by atoms with Gasteiger partial charge in [0.1, 0.15) is 0 Å². The van der Waals surface area contributed by atoms with Gasteiger partial charge in [-0.25, -0.2) is 4.79 Å². The van der Waals surface area contributed by atoms with Gasteiger partial charge in [0.15, 0.2) is 0 Å². The smallest absolute Gasteiger partial charge is 0.330 e. The highest BCUT2D eigenvalue weighted by Gasteiger charge is 1.95. The van der Waals surface area contributed by atoms with Crippen molar-refractivity contribution in [3.8, 4) is 0 Å². The molecule has 0 aliphatic heterocycles. The first-order valence-corrected chi connectivity index (χ1v) is 5.75. The number of rotatable bonds is 5. The van der Waals surface area contributed by atoms with Crippen LogP contribution < -0.4 is 0 Å². The Hall–Kier alpha value is -2.36. The van der Waals surface area contributed by atoms with Crippen molar-refractivity contribution in [3.63, 3.8) is 0 Å². The van der Waals surface area contributed by atoms with Crippen LogP contribution >= 0.6 is 0 Å². The Morgan fingerprint density at radius 1 is 1.00 bits per heavy atom. The van der Waals surface area contributed by atoms with E-state index in [1.807, 2.05) is 30.3 Å². The van der Waals surface area contributed by atoms with Gasteiger partial charge in [0, 0.05) is 6.08 Å². The van der Waals surface area contributed by atoms with E-state index in [1.54, 1.807) is 12.2 Å². The number of hydrogen-bond donors (Lipinski definition) is 0. The van der Waals surface area contributed by atoms with Gasteiger partial charge in [0.05, 0.1) is 20.6 Å². The molecule has 0 spiro atoms. The zero-order chi connectivity index (χ0) is 14.1. The number of benzene rings is 1. The molecule has 0 N–H and O–H groups in total. The van der Waals surface area contributed by atoms with E-state index in [0.29, 0.717) is 0 Å². The third-order valence-electron chi connectivity index (χ3n) is 2.37. The fraction of sp³-hybridized carbons (Fsp3) is 0.200. The molecule has 0 unspecified atom stereocenters. The molecule has 1 rings (SSSR count). The Balaban J connectivity index is 2.59. The minimum absolute atomic E-state index is 0.250. The highest BCUT2D eigenvalue weighted by atomic mass is 16.5. The Labute approximate surface area is 112 Å². The van der Waals surface area contributed by atoms with Crippen LogP contribution in [0, 0.1) is 0 Å². The summed E-state index contributed by atoms with van der Waals surface area (Å²) in [7, 11) is 2.69. The van der Waals surface area contributed by atoms with Crippen LogP contribution in [0.3, 0.4) is 0 Å². The molecule has 0 amide bonds. The highest BCUT2D eigenvalue weighted by molar-refractivity contribution is 5.86. The summed E-state index contributed by atoms with van der Waals surface area (Å²) < 4.78 is 9.03. The molecule has 0 saturated carbocycles. The number of carbonyl (C=O) groups excluding carboxylic acids is 2. The molecule has 0 fully saturated rings. The second-order valence-electron chi connectivity index (χ2n) is 3.71. The van der Waals surface area contributed by atoms with Crippen LogP contribution in [0.1, 0.15) is 17.5 Å². The minimum Gasteiger partial charge on any atom is -0.469 e. The predicted molar refractivity (Wildman–Crippen MR) is 73.2 cm³/mol. The maximum atomic E-state index is 10.9. The van der Waals surface area contributed by atoms with Crippen molar-refractivity contribution in [2.24, 2.45) is 0 Å². The largest absolute Gasteiger partial charge is 0.469 e. The van der Waals surface area contributed by atoms with E-state index in [4.69, 9.17) is 0 Å². The monoisotopic (exact) mass is 260 g/mol. The van der Waals surface area contributed by atoms with Gasteiger partial charge >= 0.3 is 11.9 Å². The van der Waals surface area contributed by atoms with Crippen molar-refractivity contribution in [2.45, 2.75) is 6.42 Å². The molecule has 0 heterocycles. The maximum Gasteiger partial charge on any atom is 0.330 e. The van der Waals surface area contributed by atoms with Gasteiger partial charge in [-0.1, -0.05) is 36.4 Å². The fourth-order valence-corrected chi connectivity index (χ4v) is 1.33. The van der Waals surface area contributed by atoms with Gasteiger partial charge in [0.2, 0.25) is 0 Å². The van der Waals surface area contributed by atoms with E-state index < -0.39 is 0 Å². The van der Waals surface area contributed by atoms with Crippen molar-refractivity contribution in [3.05, 3.63) is 47.5 Å². The van der Waals surface area contributed by atoms with Crippen LogP contribution in [0.4, 0.5) is 0 Å². The van der Waals surface area contributed by atoms with Crippen molar-refractivity contribution >= 4 is 24.1 Å².